The van der Waals surface area contributed by atoms with Gasteiger partial charge in [0.25, 0.3) is 0 Å². The summed E-state index contributed by atoms with van der Waals surface area (Å²) in [5.41, 5.74) is 4.49. The first-order valence-electron chi connectivity index (χ1n) is 21.3. The Labute approximate surface area is 358 Å². The van der Waals surface area contributed by atoms with E-state index in [1.165, 1.54) is 0 Å². The maximum absolute atomic E-state index is 13.7. The zero-order valence-electron chi connectivity index (χ0n) is 34.9. The summed E-state index contributed by atoms with van der Waals surface area (Å²) < 4.78 is 16.8. The van der Waals surface area contributed by atoms with Gasteiger partial charge in [0, 0.05) is 18.9 Å². The molecule has 61 heavy (non-hydrogen) atoms. The Morgan fingerprint density at radius 2 is 1.46 bits per heavy atom. The summed E-state index contributed by atoms with van der Waals surface area (Å²) in [6.45, 7) is 7.68. The largest absolute Gasteiger partial charge is 0.462 e. The second-order valence-corrected chi connectivity index (χ2v) is 15.8. The molecule has 3 aromatic carbocycles. The number of amides is 4. The Morgan fingerprint density at radius 3 is 2.11 bits per heavy atom. The number of ether oxygens (including phenoxy) is 3. The number of esters is 1. The van der Waals surface area contributed by atoms with Gasteiger partial charge in [-0.3, -0.25) is 9.59 Å². The second-order valence-electron chi connectivity index (χ2n) is 15.8. The summed E-state index contributed by atoms with van der Waals surface area (Å²) in [6.07, 6.45) is 7.21. The molecule has 0 aromatic heterocycles. The number of nitrogens with one attached hydrogen (secondary N) is 4. The third kappa shape index (κ3) is 13.8. The van der Waals surface area contributed by atoms with Crippen LogP contribution in [0.5, 0.6) is 0 Å². The minimum atomic E-state index is -1.05. The Hall–Kier alpha value is -5.95. The Balaban J connectivity index is 1.18. The van der Waals surface area contributed by atoms with Crippen molar-refractivity contribution in [2.45, 2.75) is 101 Å². The molecular weight excluding hydrogens is 777 g/mol. The van der Waals surface area contributed by atoms with Gasteiger partial charge >= 0.3 is 18.2 Å². The highest BCUT2D eigenvalue weighted by Crippen LogP contribution is 2.44. The average Bonchev–Trinajstić information content (AvgIpc) is 3.87. The van der Waals surface area contributed by atoms with E-state index in [1.807, 2.05) is 78.9 Å². The fraction of sp³-hybridized carbons (Fsp3) is 0.438. The van der Waals surface area contributed by atoms with Gasteiger partial charge in [-0.25, -0.2) is 14.4 Å². The molecule has 4 amide bonds. The molecule has 13 nitrogen and oxygen atoms in total. The Morgan fingerprint density at radius 1 is 0.787 bits per heavy atom. The molecule has 3 atom stereocenters. The lowest BCUT2D eigenvalue weighted by molar-refractivity contribution is -0.147. The smallest absolute Gasteiger partial charge is 0.407 e. The van der Waals surface area contributed by atoms with E-state index in [0.717, 1.165) is 40.7 Å². The van der Waals surface area contributed by atoms with E-state index in [-0.39, 0.29) is 57.5 Å². The molecule has 5 rings (SSSR count). The van der Waals surface area contributed by atoms with Crippen LogP contribution >= 0.6 is 0 Å². The SMILES string of the molecule is C=CCC[C@H](NC(=O)OCC1c2ccccc2-c2ccccc21)C(=O)OC[C@H](CCCCNC(=O)OCc1ccccc1)NC(=O)[C@@H](CC=C)CC(=O)NC1(CO)CCCC1. The summed E-state index contributed by atoms with van der Waals surface area (Å²) in [5.74, 6) is -2.38. The van der Waals surface area contributed by atoms with Gasteiger partial charge in [0.1, 0.15) is 25.9 Å². The van der Waals surface area contributed by atoms with Gasteiger partial charge in [0.2, 0.25) is 11.8 Å². The average molecular weight is 837 g/mol. The topological polar surface area (TPSA) is 181 Å². The lowest BCUT2D eigenvalue weighted by Gasteiger charge is -2.29. The normalized spacial score (nSPS) is 15.2. The van der Waals surface area contributed by atoms with Gasteiger partial charge in [0.05, 0.1) is 24.1 Å². The molecule has 326 valence electrons. The number of rotatable bonds is 24. The number of fused-ring (bicyclic) bond motifs is 3. The van der Waals surface area contributed by atoms with Crippen molar-refractivity contribution >= 4 is 30.0 Å². The summed E-state index contributed by atoms with van der Waals surface area (Å²) in [6, 6.07) is 23.6. The van der Waals surface area contributed by atoms with Crippen LogP contribution in [0.15, 0.2) is 104 Å². The fourth-order valence-electron chi connectivity index (χ4n) is 8.02. The molecule has 0 bridgehead atoms. The molecule has 1 saturated carbocycles. The molecule has 0 aliphatic heterocycles. The first kappa shape index (κ1) is 46.1. The number of unbranched alkanes of at least 4 members (excludes halogenated alkanes) is 1. The Bertz CT molecular complexity index is 1900. The summed E-state index contributed by atoms with van der Waals surface area (Å²) in [7, 11) is 0. The van der Waals surface area contributed by atoms with E-state index in [1.54, 1.807) is 12.2 Å². The first-order valence-corrected chi connectivity index (χ1v) is 21.3. The number of benzene rings is 3. The number of hydrogen-bond donors (Lipinski definition) is 5. The second kappa shape index (κ2) is 23.7. The number of aliphatic hydroxyl groups excluding tert-OH is 1. The van der Waals surface area contributed by atoms with Crippen LogP contribution in [0.4, 0.5) is 9.59 Å². The molecular formula is C48H60N4O9. The van der Waals surface area contributed by atoms with Gasteiger partial charge in [0.15, 0.2) is 0 Å². The van der Waals surface area contributed by atoms with Crippen molar-refractivity contribution in [3.8, 4) is 11.1 Å². The first-order chi connectivity index (χ1) is 29.6. The molecule has 0 spiro atoms. The van der Waals surface area contributed by atoms with Gasteiger partial charge in [-0.1, -0.05) is 104 Å². The van der Waals surface area contributed by atoms with Gasteiger partial charge in [-0.05, 0) is 79.2 Å². The quantitative estimate of drug-likeness (QED) is 0.0275. The third-order valence-corrected chi connectivity index (χ3v) is 11.3. The van der Waals surface area contributed by atoms with Gasteiger partial charge in [-0.2, -0.15) is 0 Å². The van der Waals surface area contributed by atoms with Crippen LogP contribution in [0.3, 0.4) is 0 Å². The molecule has 3 aromatic rings. The summed E-state index contributed by atoms with van der Waals surface area (Å²) in [4.78, 5) is 66.0. The van der Waals surface area contributed by atoms with Crippen molar-refractivity contribution in [1.82, 2.24) is 21.3 Å². The van der Waals surface area contributed by atoms with Crippen molar-refractivity contribution in [2.75, 3.05) is 26.4 Å². The van der Waals surface area contributed by atoms with Gasteiger partial charge < -0.3 is 40.6 Å². The van der Waals surface area contributed by atoms with Crippen LogP contribution in [0.1, 0.15) is 93.2 Å². The van der Waals surface area contributed by atoms with Crippen molar-refractivity contribution < 1.29 is 43.3 Å². The molecule has 0 heterocycles. The maximum Gasteiger partial charge on any atom is 0.407 e. The predicted octanol–water partition coefficient (Wildman–Crippen LogP) is 6.99. The maximum atomic E-state index is 13.7. The van der Waals surface area contributed by atoms with E-state index < -0.39 is 47.6 Å². The van der Waals surface area contributed by atoms with Crippen LogP contribution in [0.2, 0.25) is 0 Å². The number of allylic oxidation sites excluding steroid dienone is 2. The van der Waals surface area contributed by atoms with Crippen molar-refractivity contribution in [1.29, 1.82) is 0 Å². The minimum absolute atomic E-state index is 0.0711. The minimum Gasteiger partial charge on any atom is -0.462 e. The highest BCUT2D eigenvalue weighted by Gasteiger charge is 2.36. The number of aliphatic hydroxyl groups is 1. The van der Waals surface area contributed by atoms with Gasteiger partial charge in [-0.15, -0.1) is 13.2 Å². The summed E-state index contributed by atoms with van der Waals surface area (Å²) >= 11 is 0. The van der Waals surface area contributed by atoms with Crippen LogP contribution in [0.25, 0.3) is 11.1 Å². The molecule has 5 N–H and O–H groups in total. The monoisotopic (exact) mass is 836 g/mol. The molecule has 2 aliphatic rings. The highest BCUT2D eigenvalue weighted by atomic mass is 16.6. The van der Waals surface area contributed by atoms with E-state index in [0.29, 0.717) is 45.1 Å². The van der Waals surface area contributed by atoms with Crippen LogP contribution in [-0.2, 0) is 35.2 Å². The molecule has 1 fully saturated rings. The molecule has 0 unspecified atom stereocenters. The molecule has 13 heteroatoms. The number of carbonyl (C=O) groups is 5. The Kier molecular flexibility index (Phi) is 17.9. The van der Waals surface area contributed by atoms with Crippen LogP contribution in [-0.4, -0.2) is 79.1 Å². The number of hydrogen-bond acceptors (Lipinski definition) is 9. The highest BCUT2D eigenvalue weighted by molar-refractivity contribution is 5.86. The zero-order chi connectivity index (χ0) is 43.5. The van der Waals surface area contributed by atoms with Crippen LogP contribution in [0, 0.1) is 5.92 Å². The van der Waals surface area contributed by atoms with Crippen molar-refractivity contribution in [3.05, 3.63) is 121 Å². The van der Waals surface area contributed by atoms with E-state index >= 15 is 0 Å². The van der Waals surface area contributed by atoms with E-state index in [2.05, 4.69) is 34.4 Å². The lowest BCUT2D eigenvalue weighted by Crippen LogP contribution is -2.50. The lowest BCUT2D eigenvalue weighted by atomic mass is 9.95. The van der Waals surface area contributed by atoms with Crippen molar-refractivity contribution in [2.24, 2.45) is 5.92 Å². The number of alkyl carbamates (subject to hydrolysis) is 2. The fourth-order valence-corrected chi connectivity index (χ4v) is 8.02. The standard InChI is InChI=1S/C48H60N4O9/c1-3-5-25-42(51-47(58)61-32-41-39-23-11-9-21-37(39)38-22-10-12-24-40(38)41)45(56)59-31-36(20-13-16-28-49-46(57)60-30-34-18-7-6-8-19-34)50-44(55)35(17-4-2)29-43(54)52-48(33-53)26-14-15-27-48/h3-4,6-12,18-19,21-24,35-36,41-42,53H,1-2,5,13-17,20,25-33H2,(H,49,57)(H,50,55)(H,51,58)(H,52,54)/t35-,36-,42-/m0/s1. The van der Waals surface area contributed by atoms with Crippen LogP contribution < -0.4 is 21.3 Å². The summed E-state index contributed by atoms with van der Waals surface area (Å²) in [5, 5.41) is 21.4. The zero-order valence-corrected chi connectivity index (χ0v) is 34.9. The predicted molar refractivity (Wildman–Crippen MR) is 232 cm³/mol. The number of carbonyl (C=O) groups excluding carboxylic acids is 5. The van der Waals surface area contributed by atoms with E-state index in [4.69, 9.17) is 14.2 Å². The molecule has 2 aliphatic carbocycles. The molecule has 0 radical (unpaired) electrons. The van der Waals surface area contributed by atoms with E-state index in [9.17, 15) is 29.1 Å². The van der Waals surface area contributed by atoms with Crippen molar-refractivity contribution in [3.63, 3.8) is 0 Å². The third-order valence-electron chi connectivity index (χ3n) is 11.3. The molecule has 0 saturated heterocycles.